The van der Waals surface area contributed by atoms with Gasteiger partial charge in [-0.3, -0.25) is 0 Å². The van der Waals surface area contributed by atoms with Crippen LogP contribution in [0.5, 0.6) is 0 Å². The maximum Gasteiger partial charge on any atom is 0.0569 e. The van der Waals surface area contributed by atoms with E-state index in [-0.39, 0.29) is 0 Å². The lowest BCUT2D eigenvalue weighted by Gasteiger charge is -2.31. The summed E-state index contributed by atoms with van der Waals surface area (Å²) >= 11 is 0. The van der Waals surface area contributed by atoms with E-state index in [0.29, 0.717) is 0 Å². The fourth-order valence-corrected chi connectivity index (χ4v) is 12.7. The SMILES string of the molecule is Cc1ccc(N(c2ccccc2)c2ccc3ccc(N(c4ccc(C)cc4)c4c(C)cc(-c5cc(C)c(N(c6ccc(C)cc6)c6ccc7ccc(N(c8ccccc8)c8ccc(C)cc8)cc7c6)c6ccccc56)c5ccccc45)cc3c2)cc1. The molecule has 14 aromatic carbocycles. The van der Waals surface area contributed by atoms with Crippen molar-refractivity contribution in [1.29, 1.82) is 0 Å². The Morgan fingerprint density at radius 2 is 0.430 bits per heavy atom. The minimum Gasteiger partial charge on any atom is -0.310 e. The summed E-state index contributed by atoms with van der Waals surface area (Å²) in [5.74, 6) is 0. The zero-order chi connectivity index (χ0) is 58.4. The Kier molecular flexibility index (Phi) is 13.9. The molecule has 14 aromatic rings. The first kappa shape index (κ1) is 53.3. The molecule has 0 amide bonds. The first-order valence-corrected chi connectivity index (χ1v) is 29.8. The first-order chi connectivity index (χ1) is 42.1. The summed E-state index contributed by atoms with van der Waals surface area (Å²) in [4.78, 5) is 9.65. The van der Waals surface area contributed by atoms with Crippen molar-refractivity contribution < 1.29 is 0 Å². The minimum atomic E-state index is 1.09. The number of anilines is 12. The monoisotopic (exact) mass is 1110 g/mol. The molecule has 0 N–H and O–H groups in total. The van der Waals surface area contributed by atoms with Crippen LogP contribution in [0.15, 0.2) is 291 Å². The van der Waals surface area contributed by atoms with Gasteiger partial charge < -0.3 is 19.6 Å². The van der Waals surface area contributed by atoms with Gasteiger partial charge in [0.25, 0.3) is 0 Å². The highest BCUT2D eigenvalue weighted by Gasteiger charge is 2.25. The number of rotatable bonds is 13. The van der Waals surface area contributed by atoms with Gasteiger partial charge in [0.05, 0.1) is 11.4 Å². The van der Waals surface area contributed by atoms with Crippen molar-refractivity contribution in [2.45, 2.75) is 41.5 Å². The van der Waals surface area contributed by atoms with E-state index in [4.69, 9.17) is 0 Å². The fraction of sp³-hybridized carbons (Fsp3) is 0.0732. The standard InChI is InChI=1S/C82H66N4/c1-55-25-37-67(38-26-55)83(65-17-9-7-10-18-65)71-45-33-61-35-47-73(53-63(61)51-71)85(69-41-29-57(3)30-42-69)81-59(5)49-79(75-21-13-15-23-77(75)81)80-50-60(6)82(78-24-16-14-22-76(78)80)86(70-43-31-58(4)32-44-70)74-48-36-62-34-46-72(52-64(62)54-74)84(66-19-11-8-12-20-66)68-39-27-56(2)28-40-68/h7-54H,1-6H3. The lowest BCUT2D eigenvalue weighted by Crippen LogP contribution is -2.13. The van der Waals surface area contributed by atoms with Crippen molar-refractivity contribution in [2.75, 3.05) is 19.6 Å². The lowest BCUT2D eigenvalue weighted by molar-refractivity contribution is 1.26. The van der Waals surface area contributed by atoms with E-state index in [9.17, 15) is 0 Å². The van der Waals surface area contributed by atoms with Crippen LogP contribution in [-0.4, -0.2) is 0 Å². The number of aryl methyl sites for hydroxylation is 6. The van der Waals surface area contributed by atoms with Crippen LogP contribution in [0.25, 0.3) is 54.2 Å². The molecule has 0 unspecified atom stereocenters. The summed E-state index contributed by atoms with van der Waals surface area (Å²) in [5, 5.41) is 9.43. The fourth-order valence-electron chi connectivity index (χ4n) is 12.7. The van der Waals surface area contributed by atoms with E-state index in [0.717, 1.165) is 79.0 Å². The summed E-state index contributed by atoms with van der Waals surface area (Å²) in [7, 11) is 0. The quantitative estimate of drug-likeness (QED) is 0.114. The predicted octanol–water partition coefficient (Wildman–Crippen LogP) is 23.7. The van der Waals surface area contributed by atoms with Gasteiger partial charge in [0.1, 0.15) is 0 Å². The van der Waals surface area contributed by atoms with Crippen LogP contribution in [0.2, 0.25) is 0 Å². The van der Waals surface area contributed by atoms with Crippen LogP contribution < -0.4 is 19.6 Å². The average molecular weight is 1110 g/mol. The summed E-state index contributed by atoms with van der Waals surface area (Å²) in [5.41, 5.74) is 23.0. The molecule has 0 saturated heterocycles. The maximum atomic E-state index is 2.47. The number of hydrogen-bond acceptors (Lipinski definition) is 4. The van der Waals surface area contributed by atoms with Gasteiger partial charge in [0.15, 0.2) is 0 Å². The second-order valence-corrected chi connectivity index (χ2v) is 23.1. The molecule has 0 aliphatic heterocycles. The minimum absolute atomic E-state index is 1.09. The number of para-hydroxylation sites is 2. The molecule has 14 rings (SSSR count). The third-order valence-corrected chi connectivity index (χ3v) is 17.0. The van der Waals surface area contributed by atoms with Crippen molar-refractivity contribution in [2.24, 2.45) is 0 Å². The molecule has 0 saturated carbocycles. The Bertz CT molecular complexity index is 4490. The third kappa shape index (κ3) is 10.1. The molecule has 0 heterocycles. The average Bonchev–Trinajstić information content (AvgIpc) is 1.09. The second-order valence-electron chi connectivity index (χ2n) is 23.1. The van der Waals surface area contributed by atoms with Crippen molar-refractivity contribution in [3.8, 4) is 11.1 Å². The molecule has 0 radical (unpaired) electrons. The maximum absolute atomic E-state index is 2.47. The number of fused-ring (bicyclic) bond motifs is 4. The third-order valence-electron chi connectivity index (χ3n) is 17.0. The lowest BCUT2D eigenvalue weighted by atomic mass is 9.88. The summed E-state index contributed by atoms with van der Waals surface area (Å²) in [6.07, 6.45) is 0. The molecule has 0 aromatic heterocycles. The molecule has 0 aliphatic carbocycles. The van der Waals surface area contributed by atoms with Crippen LogP contribution in [-0.2, 0) is 0 Å². The molecule has 414 valence electrons. The van der Waals surface area contributed by atoms with Crippen LogP contribution in [0.3, 0.4) is 0 Å². The van der Waals surface area contributed by atoms with Gasteiger partial charge in [-0.2, -0.15) is 0 Å². The van der Waals surface area contributed by atoms with Crippen molar-refractivity contribution in [3.63, 3.8) is 0 Å². The largest absolute Gasteiger partial charge is 0.310 e. The van der Waals surface area contributed by atoms with Gasteiger partial charge in [-0.25, -0.2) is 0 Å². The van der Waals surface area contributed by atoms with E-state index >= 15 is 0 Å². The van der Waals surface area contributed by atoms with Crippen molar-refractivity contribution >= 4 is 111 Å². The molecule has 4 nitrogen and oxygen atoms in total. The van der Waals surface area contributed by atoms with Gasteiger partial charge in [0, 0.05) is 67.6 Å². The Hall–Kier alpha value is -10.7. The van der Waals surface area contributed by atoms with E-state index in [1.807, 2.05) is 0 Å². The van der Waals surface area contributed by atoms with Gasteiger partial charge in [-0.05, 0) is 230 Å². The highest BCUT2D eigenvalue weighted by atomic mass is 15.2. The summed E-state index contributed by atoms with van der Waals surface area (Å²) in [6, 6.07) is 107. The van der Waals surface area contributed by atoms with Crippen molar-refractivity contribution in [1.82, 2.24) is 0 Å². The molecular formula is C82H66N4. The van der Waals surface area contributed by atoms with Crippen LogP contribution in [0.4, 0.5) is 68.2 Å². The van der Waals surface area contributed by atoms with Crippen LogP contribution >= 0.6 is 0 Å². The van der Waals surface area contributed by atoms with E-state index in [2.05, 4.69) is 352 Å². The second kappa shape index (κ2) is 22.5. The molecule has 86 heavy (non-hydrogen) atoms. The van der Waals surface area contributed by atoms with Gasteiger partial charge >= 0.3 is 0 Å². The molecular weight excluding hydrogens is 1040 g/mol. The topological polar surface area (TPSA) is 13.0 Å². The number of hydrogen-bond donors (Lipinski definition) is 0. The predicted molar refractivity (Wildman–Crippen MR) is 369 cm³/mol. The van der Waals surface area contributed by atoms with E-state index in [1.165, 1.54) is 76.8 Å². The normalized spacial score (nSPS) is 11.4. The Balaban J connectivity index is 0.909. The molecule has 0 fully saturated rings. The molecule has 0 atom stereocenters. The number of benzene rings is 14. The van der Waals surface area contributed by atoms with Crippen LogP contribution in [0, 0.1) is 41.5 Å². The van der Waals surface area contributed by atoms with Crippen molar-refractivity contribution in [3.05, 3.63) is 325 Å². The molecule has 0 spiro atoms. The van der Waals surface area contributed by atoms with E-state index in [1.54, 1.807) is 0 Å². The molecule has 0 aliphatic rings. The highest BCUT2D eigenvalue weighted by molar-refractivity contribution is 6.15. The Labute approximate surface area is 505 Å². The van der Waals surface area contributed by atoms with Gasteiger partial charge in [0.2, 0.25) is 0 Å². The molecule has 4 heteroatoms. The highest BCUT2D eigenvalue weighted by Crippen LogP contribution is 2.50. The molecule has 0 bridgehead atoms. The van der Waals surface area contributed by atoms with Crippen LogP contribution in [0.1, 0.15) is 33.4 Å². The first-order valence-electron chi connectivity index (χ1n) is 29.8. The smallest absolute Gasteiger partial charge is 0.0569 e. The zero-order valence-electron chi connectivity index (χ0n) is 49.5. The summed E-state index contributed by atoms with van der Waals surface area (Å²) < 4.78 is 0. The summed E-state index contributed by atoms with van der Waals surface area (Å²) in [6.45, 7) is 13.2. The van der Waals surface area contributed by atoms with Gasteiger partial charge in [-0.1, -0.05) is 180 Å². The zero-order valence-corrected chi connectivity index (χ0v) is 49.5. The van der Waals surface area contributed by atoms with E-state index < -0.39 is 0 Å². The Morgan fingerprint density at radius 1 is 0.186 bits per heavy atom. The Morgan fingerprint density at radius 3 is 0.744 bits per heavy atom. The van der Waals surface area contributed by atoms with Gasteiger partial charge in [-0.15, -0.1) is 0 Å². The number of nitrogens with zero attached hydrogens (tertiary/aromatic N) is 4.